The van der Waals surface area contributed by atoms with E-state index in [1.165, 1.54) is 12.3 Å². The van der Waals surface area contributed by atoms with Crippen LogP contribution in [0.3, 0.4) is 0 Å². The first kappa shape index (κ1) is 30.4. The zero-order valence-electron chi connectivity index (χ0n) is 24.1. The summed E-state index contributed by atoms with van der Waals surface area (Å²) >= 11 is 1.54. The number of hydrogen-bond donors (Lipinski definition) is 0. The summed E-state index contributed by atoms with van der Waals surface area (Å²) in [5.74, 6) is -1.72. The number of thioether (sulfide) groups is 1. The highest BCUT2D eigenvalue weighted by Crippen LogP contribution is 2.46. The second-order valence-corrected chi connectivity index (χ2v) is 11.6. The van der Waals surface area contributed by atoms with Gasteiger partial charge in [0.1, 0.15) is 0 Å². The summed E-state index contributed by atoms with van der Waals surface area (Å²) in [6.07, 6.45) is 4.82. The molecule has 4 aromatic rings. The fourth-order valence-corrected chi connectivity index (χ4v) is 6.52. The number of aromatic nitrogens is 3. The lowest BCUT2D eigenvalue weighted by atomic mass is 10.1. The second kappa shape index (κ2) is 13.0. The van der Waals surface area contributed by atoms with Crippen molar-refractivity contribution in [3.8, 4) is 5.88 Å². The number of methoxy groups -OCH3 is 1. The lowest BCUT2D eigenvalue weighted by Gasteiger charge is -2.35. The van der Waals surface area contributed by atoms with Crippen LogP contribution >= 0.6 is 11.8 Å². The van der Waals surface area contributed by atoms with Crippen molar-refractivity contribution in [2.24, 2.45) is 0 Å². The standard InChI is InChI=1S/C30H32F2N6O4S/c1-4-36(21-7-8-27(34-16-21)38(40)41)12-6-5-11-35(17-20-9-10-33-28(13-20)42-3)18-23-29(39)22-14-24(31)25(32)15-26(22)37-19(2)43-30(23)37/h7-10,13-16,19H,4-6,11-12,17-18H2,1-3H3. The van der Waals surface area contributed by atoms with Crippen LogP contribution in [-0.4, -0.2) is 51.1 Å². The van der Waals surface area contributed by atoms with Gasteiger partial charge in [0.15, 0.2) is 23.3 Å². The molecule has 0 saturated heterocycles. The molecule has 3 aromatic heterocycles. The number of fused-ring (bicyclic) bond motifs is 3. The molecule has 4 heterocycles. The van der Waals surface area contributed by atoms with Gasteiger partial charge in [-0.1, -0.05) is 11.8 Å². The maximum absolute atomic E-state index is 14.2. The van der Waals surface area contributed by atoms with Gasteiger partial charge < -0.3 is 24.3 Å². The molecule has 1 unspecified atom stereocenters. The van der Waals surface area contributed by atoms with Crippen LogP contribution in [0.25, 0.3) is 10.9 Å². The molecule has 1 aromatic carbocycles. The normalized spacial score (nSPS) is 14.0. The molecule has 1 atom stereocenters. The summed E-state index contributed by atoms with van der Waals surface area (Å²) in [7, 11) is 1.56. The molecule has 13 heteroatoms. The summed E-state index contributed by atoms with van der Waals surface area (Å²) < 4.78 is 35.5. The van der Waals surface area contributed by atoms with Crippen LogP contribution in [0.15, 0.2) is 58.6 Å². The third-order valence-electron chi connectivity index (χ3n) is 7.55. The van der Waals surface area contributed by atoms with Crippen molar-refractivity contribution in [1.29, 1.82) is 0 Å². The summed E-state index contributed by atoms with van der Waals surface area (Å²) in [6, 6.07) is 8.97. The molecule has 10 nitrogen and oxygen atoms in total. The second-order valence-electron chi connectivity index (χ2n) is 10.3. The number of pyridine rings is 3. The molecular weight excluding hydrogens is 578 g/mol. The summed E-state index contributed by atoms with van der Waals surface area (Å²) in [4.78, 5) is 36.5. The number of benzene rings is 1. The van der Waals surface area contributed by atoms with Gasteiger partial charge in [-0.05, 0) is 66.9 Å². The first-order chi connectivity index (χ1) is 20.7. The molecule has 5 rings (SSSR count). The summed E-state index contributed by atoms with van der Waals surface area (Å²) in [5, 5.41) is 11.9. The van der Waals surface area contributed by atoms with E-state index in [9.17, 15) is 23.7 Å². The Morgan fingerprint density at radius 3 is 2.53 bits per heavy atom. The van der Waals surface area contributed by atoms with Gasteiger partial charge in [0, 0.05) is 61.5 Å². The minimum Gasteiger partial charge on any atom is -0.481 e. The largest absolute Gasteiger partial charge is 0.481 e. The minimum atomic E-state index is -1.04. The maximum atomic E-state index is 14.2. The zero-order valence-corrected chi connectivity index (χ0v) is 24.9. The third kappa shape index (κ3) is 6.47. The van der Waals surface area contributed by atoms with Gasteiger partial charge in [-0.3, -0.25) is 9.69 Å². The van der Waals surface area contributed by atoms with Gasteiger partial charge in [-0.15, -0.1) is 0 Å². The lowest BCUT2D eigenvalue weighted by molar-refractivity contribution is -0.389. The Morgan fingerprint density at radius 1 is 1.09 bits per heavy atom. The molecule has 0 saturated carbocycles. The Kier molecular flexibility index (Phi) is 9.21. The summed E-state index contributed by atoms with van der Waals surface area (Å²) in [5.41, 5.74) is 2.45. The number of ether oxygens (including phenoxy) is 1. The van der Waals surface area contributed by atoms with Gasteiger partial charge >= 0.3 is 5.82 Å². The van der Waals surface area contributed by atoms with E-state index in [4.69, 9.17) is 4.74 Å². The Morgan fingerprint density at radius 2 is 1.86 bits per heavy atom. The number of hydrogen-bond acceptors (Lipinski definition) is 9. The zero-order chi connectivity index (χ0) is 30.7. The topological polar surface area (TPSA) is 107 Å². The Labute approximate surface area is 251 Å². The monoisotopic (exact) mass is 610 g/mol. The molecule has 0 bridgehead atoms. The lowest BCUT2D eigenvalue weighted by Crippen LogP contribution is -2.32. The van der Waals surface area contributed by atoms with Crippen molar-refractivity contribution in [3.63, 3.8) is 0 Å². The predicted molar refractivity (Wildman–Crippen MR) is 162 cm³/mol. The molecule has 43 heavy (non-hydrogen) atoms. The van der Waals surface area contributed by atoms with Crippen LogP contribution in [0.2, 0.25) is 0 Å². The highest BCUT2D eigenvalue weighted by atomic mass is 32.2. The van der Waals surface area contributed by atoms with Crippen LogP contribution in [0.5, 0.6) is 5.88 Å². The van der Waals surface area contributed by atoms with Crippen LogP contribution < -0.4 is 15.1 Å². The van der Waals surface area contributed by atoms with E-state index in [-0.39, 0.29) is 22.0 Å². The number of nitrogens with zero attached hydrogens (tertiary/aromatic N) is 6. The van der Waals surface area contributed by atoms with E-state index in [2.05, 4.69) is 19.8 Å². The van der Waals surface area contributed by atoms with Gasteiger partial charge in [0.2, 0.25) is 5.88 Å². The molecule has 0 radical (unpaired) electrons. The number of anilines is 1. The van der Waals surface area contributed by atoms with Crippen molar-refractivity contribution in [3.05, 3.63) is 91.9 Å². The Bertz CT molecular complexity index is 1700. The molecule has 0 spiro atoms. The van der Waals surface area contributed by atoms with Gasteiger partial charge in [-0.25, -0.2) is 13.8 Å². The van der Waals surface area contributed by atoms with E-state index in [0.29, 0.717) is 43.1 Å². The van der Waals surface area contributed by atoms with Gasteiger partial charge in [-0.2, -0.15) is 0 Å². The van der Waals surface area contributed by atoms with Crippen molar-refractivity contribution < 1.29 is 18.4 Å². The smallest absolute Gasteiger partial charge is 0.363 e. The van der Waals surface area contributed by atoms with Crippen LogP contribution in [-0.2, 0) is 13.1 Å². The van der Waals surface area contributed by atoms with Gasteiger partial charge in [0.25, 0.3) is 0 Å². The molecule has 0 fully saturated rings. The molecule has 0 amide bonds. The first-order valence-electron chi connectivity index (χ1n) is 14.0. The van der Waals surface area contributed by atoms with E-state index in [1.54, 1.807) is 31.1 Å². The van der Waals surface area contributed by atoms with Crippen LogP contribution in [0.1, 0.15) is 43.2 Å². The first-order valence-corrected chi connectivity index (χ1v) is 14.9. The van der Waals surface area contributed by atoms with Crippen LogP contribution in [0, 0.1) is 21.7 Å². The van der Waals surface area contributed by atoms with E-state index >= 15 is 0 Å². The molecular formula is C30H32F2N6O4S. The third-order valence-corrected chi connectivity index (χ3v) is 8.77. The molecule has 226 valence electrons. The van der Waals surface area contributed by atoms with Crippen molar-refractivity contribution in [2.75, 3.05) is 31.6 Å². The predicted octanol–water partition coefficient (Wildman–Crippen LogP) is 5.92. The highest BCUT2D eigenvalue weighted by Gasteiger charge is 2.31. The fourth-order valence-electron chi connectivity index (χ4n) is 5.36. The summed E-state index contributed by atoms with van der Waals surface area (Å²) in [6.45, 7) is 6.94. The van der Waals surface area contributed by atoms with Crippen molar-refractivity contribution in [1.82, 2.24) is 19.4 Å². The average Bonchev–Trinajstić information content (AvgIpc) is 2.99. The van der Waals surface area contributed by atoms with Gasteiger partial charge in [0.05, 0.1) is 28.7 Å². The van der Waals surface area contributed by atoms with E-state index < -0.39 is 16.6 Å². The number of unbranched alkanes of at least 4 members (excludes halogenated alkanes) is 1. The molecule has 0 aliphatic carbocycles. The van der Waals surface area contributed by atoms with Crippen LogP contribution in [0.4, 0.5) is 20.3 Å². The number of halogens is 2. The Hall–Kier alpha value is -4.10. The molecule has 1 aliphatic rings. The van der Waals surface area contributed by atoms with Crippen molar-refractivity contribution in [2.45, 2.75) is 50.2 Å². The maximum Gasteiger partial charge on any atom is 0.363 e. The Balaban J connectivity index is 1.36. The van der Waals surface area contributed by atoms with E-state index in [0.717, 1.165) is 47.8 Å². The quantitative estimate of drug-likeness (QED) is 0.104. The fraction of sp³-hybridized carbons (Fsp3) is 0.367. The average molecular weight is 611 g/mol. The highest BCUT2D eigenvalue weighted by molar-refractivity contribution is 8.00. The number of rotatable bonds is 13. The minimum absolute atomic E-state index is 0.00596. The SMILES string of the molecule is CCN(CCCCN(Cc1ccnc(OC)c1)Cc1c2n(c3cc(F)c(F)cc3c1=O)C(C)S2)c1ccc([N+](=O)[O-])nc1. The molecule has 1 aliphatic heterocycles. The molecule has 0 N–H and O–H groups in total. The van der Waals surface area contributed by atoms with E-state index in [1.807, 2.05) is 30.5 Å². The van der Waals surface area contributed by atoms with Crippen molar-refractivity contribution >= 4 is 34.2 Å². The number of nitro groups is 1.